The number of carbonyl (C=O) groups excluding carboxylic acids is 1. The van der Waals surface area contributed by atoms with E-state index in [1.807, 2.05) is 0 Å². The molecule has 0 bridgehead atoms. The minimum Gasteiger partial charge on any atom is -0.420 e. The van der Waals surface area contributed by atoms with Crippen molar-refractivity contribution in [2.24, 2.45) is 0 Å². The Labute approximate surface area is 324 Å². The summed E-state index contributed by atoms with van der Waals surface area (Å²) in [4.78, 5) is 11.7. The summed E-state index contributed by atoms with van der Waals surface area (Å²) in [6.07, 6.45) is 1.21. The molecule has 20 heteroatoms. The molecule has 0 N–H and O–H groups in total. The van der Waals surface area contributed by atoms with Gasteiger partial charge in [0.2, 0.25) is 34.8 Å². The van der Waals surface area contributed by atoms with E-state index in [4.69, 9.17) is 61.6 Å². The van der Waals surface area contributed by atoms with Crippen molar-refractivity contribution in [2.45, 2.75) is 6.42 Å². The smallest absolute Gasteiger partial charge is 0.313 e. The van der Waals surface area contributed by atoms with E-state index in [-0.39, 0.29) is 26.4 Å². The van der Waals surface area contributed by atoms with Crippen LogP contribution in [0.5, 0.6) is 5.75 Å². The first kappa shape index (κ1) is 51.6. The van der Waals surface area contributed by atoms with Crippen molar-refractivity contribution in [1.29, 1.82) is 0 Å². The second kappa shape index (κ2) is 38.1. The van der Waals surface area contributed by atoms with Crippen LogP contribution in [0.3, 0.4) is 0 Å². The lowest BCUT2D eigenvalue weighted by Gasteiger charge is -2.09. The first-order valence-corrected chi connectivity index (χ1v) is 18.2. The fourth-order valence-corrected chi connectivity index (χ4v) is 3.80. The highest BCUT2D eigenvalue weighted by Crippen LogP contribution is 2.29. The Hall–Kier alpha value is -2.44. The Balaban J connectivity index is 1.70. The summed E-state index contributed by atoms with van der Waals surface area (Å²) in [6.45, 7) is 13.9. The maximum atomic E-state index is 13.6. The van der Waals surface area contributed by atoms with Crippen molar-refractivity contribution in [1.82, 2.24) is 0 Å². The summed E-state index contributed by atoms with van der Waals surface area (Å²) in [5.41, 5.74) is 0. The number of hydrogen-bond donors (Lipinski definition) is 0. The standard InChI is InChI=1S/C36H57F5O15/c1-2-4-43-6-8-45-10-12-47-14-16-49-18-20-51-22-24-53-26-28-55-29-27-54-25-23-52-21-19-50-17-15-48-13-11-46-9-7-44-5-3-30(42)56-36-34(40)32(38)31(37)33(39)35(36)41/h2H,1,3-29H2. The minimum atomic E-state index is -2.35. The van der Waals surface area contributed by atoms with Crippen LogP contribution in [0.4, 0.5) is 22.0 Å². The van der Waals surface area contributed by atoms with Gasteiger partial charge in [0.25, 0.3) is 0 Å². The van der Waals surface area contributed by atoms with E-state index in [9.17, 15) is 26.7 Å². The van der Waals surface area contributed by atoms with Crippen LogP contribution in [-0.2, 0) is 66.4 Å². The lowest BCUT2D eigenvalue weighted by molar-refractivity contribution is -0.136. The molecule has 0 fully saturated rings. The van der Waals surface area contributed by atoms with E-state index < -0.39 is 47.2 Å². The molecule has 326 valence electrons. The summed E-state index contributed by atoms with van der Waals surface area (Å²) in [7, 11) is 0. The molecule has 0 heterocycles. The van der Waals surface area contributed by atoms with Gasteiger partial charge in [-0.15, -0.1) is 6.58 Å². The summed E-state index contributed by atoms with van der Waals surface area (Å²) in [6, 6.07) is 0. The predicted molar refractivity (Wildman–Crippen MR) is 187 cm³/mol. The highest BCUT2D eigenvalue weighted by Gasteiger charge is 2.28. The maximum absolute atomic E-state index is 13.6. The first-order valence-electron chi connectivity index (χ1n) is 18.2. The Bertz CT molecular complexity index is 1080. The zero-order valence-electron chi connectivity index (χ0n) is 31.9. The number of esters is 1. The van der Waals surface area contributed by atoms with E-state index in [0.29, 0.717) is 145 Å². The largest absolute Gasteiger partial charge is 0.420 e. The van der Waals surface area contributed by atoms with Gasteiger partial charge in [0.05, 0.1) is 178 Å². The van der Waals surface area contributed by atoms with Gasteiger partial charge in [0.15, 0.2) is 0 Å². The maximum Gasteiger partial charge on any atom is 0.313 e. The van der Waals surface area contributed by atoms with E-state index in [1.165, 1.54) is 0 Å². The van der Waals surface area contributed by atoms with Gasteiger partial charge >= 0.3 is 5.97 Å². The highest BCUT2D eigenvalue weighted by atomic mass is 19.2. The van der Waals surface area contributed by atoms with Crippen LogP contribution < -0.4 is 4.74 Å². The molecule has 15 nitrogen and oxygen atoms in total. The number of benzene rings is 1. The second-order valence-corrected chi connectivity index (χ2v) is 10.8. The molecule has 0 aromatic heterocycles. The summed E-state index contributed by atoms with van der Waals surface area (Å²) in [5.74, 6) is -14.2. The second-order valence-electron chi connectivity index (χ2n) is 10.8. The van der Waals surface area contributed by atoms with Crippen molar-refractivity contribution in [3.8, 4) is 5.75 Å². The van der Waals surface area contributed by atoms with Crippen molar-refractivity contribution in [3.63, 3.8) is 0 Å². The molecule has 0 aliphatic heterocycles. The number of ether oxygens (including phenoxy) is 14. The van der Waals surface area contributed by atoms with Crippen LogP contribution in [0.2, 0.25) is 0 Å². The lowest BCUT2D eigenvalue weighted by atomic mass is 10.2. The van der Waals surface area contributed by atoms with Crippen LogP contribution in [0.15, 0.2) is 12.7 Å². The van der Waals surface area contributed by atoms with Crippen molar-refractivity contribution < 1.29 is 93.1 Å². The minimum absolute atomic E-state index is 0.0773. The fourth-order valence-electron chi connectivity index (χ4n) is 3.80. The molecule has 0 unspecified atom stereocenters. The molecule has 1 aromatic carbocycles. The fraction of sp³-hybridized carbons (Fsp3) is 0.750. The molecule has 0 amide bonds. The van der Waals surface area contributed by atoms with Crippen molar-refractivity contribution in [3.05, 3.63) is 41.7 Å². The number of halogens is 5. The van der Waals surface area contributed by atoms with Gasteiger partial charge in [-0.3, -0.25) is 4.79 Å². The number of carbonyl (C=O) groups is 1. The molecule has 56 heavy (non-hydrogen) atoms. The molecule has 0 atom stereocenters. The molecule has 0 saturated heterocycles. The zero-order chi connectivity index (χ0) is 40.7. The molecular weight excluding hydrogens is 767 g/mol. The van der Waals surface area contributed by atoms with Crippen LogP contribution in [-0.4, -0.2) is 178 Å². The van der Waals surface area contributed by atoms with E-state index in [0.717, 1.165) is 0 Å². The average molecular weight is 825 g/mol. The van der Waals surface area contributed by atoms with Crippen LogP contribution >= 0.6 is 0 Å². The Morgan fingerprint density at radius 2 is 0.571 bits per heavy atom. The Morgan fingerprint density at radius 3 is 0.821 bits per heavy atom. The Morgan fingerprint density at radius 1 is 0.357 bits per heavy atom. The molecule has 0 saturated carbocycles. The third-order valence-electron chi connectivity index (χ3n) is 6.54. The first-order chi connectivity index (χ1) is 27.4. The molecule has 1 rings (SSSR count). The molecule has 0 spiro atoms. The predicted octanol–water partition coefficient (Wildman–Crippen LogP) is 3.08. The van der Waals surface area contributed by atoms with Gasteiger partial charge in [0.1, 0.15) is 0 Å². The highest BCUT2D eigenvalue weighted by molar-refractivity contribution is 5.72. The van der Waals surface area contributed by atoms with E-state index >= 15 is 0 Å². The number of hydrogen-bond acceptors (Lipinski definition) is 15. The summed E-state index contributed by atoms with van der Waals surface area (Å²) in [5, 5.41) is 0. The monoisotopic (exact) mass is 824 g/mol. The van der Waals surface area contributed by atoms with Gasteiger partial charge in [-0.2, -0.15) is 8.78 Å². The molecular formula is C36H57F5O15. The molecule has 0 aliphatic rings. The average Bonchev–Trinajstić information content (AvgIpc) is 3.20. The van der Waals surface area contributed by atoms with Gasteiger partial charge in [-0.25, -0.2) is 13.2 Å². The third kappa shape index (κ3) is 28.9. The summed E-state index contributed by atoms with van der Waals surface area (Å²) >= 11 is 0. The van der Waals surface area contributed by atoms with Gasteiger partial charge in [0, 0.05) is 0 Å². The van der Waals surface area contributed by atoms with Gasteiger partial charge in [-0.05, 0) is 0 Å². The van der Waals surface area contributed by atoms with Crippen LogP contribution in [0, 0.1) is 29.1 Å². The molecule has 1 aromatic rings. The lowest BCUT2D eigenvalue weighted by Crippen LogP contribution is -2.16. The zero-order valence-corrected chi connectivity index (χ0v) is 31.9. The van der Waals surface area contributed by atoms with E-state index in [1.54, 1.807) is 6.08 Å². The van der Waals surface area contributed by atoms with Crippen molar-refractivity contribution in [2.75, 3.05) is 172 Å². The van der Waals surface area contributed by atoms with Gasteiger partial charge in [-0.1, -0.05) is 6.08 Å². The van der Waals surface area contributed by atoms with E-state index in [2.05, 4.69) is 11.3 Å². The Kier molecular flexibility index (Phi) is 35.1. The van der Waals surface area contributed by atoms with Crippen LogP contribution in [0.1, 0.15) is 6.42 Å². The molecule has 0 aliphatic carbocycles. The van der Waals surface area contributed by atoms with Gasteiger partial charge < -0.3 is 66.3 Å². The van der Waals surface area contributed by atoms with Crippen LogP contribution in [0.25, 0.3) is 0 Å². The summed E-state index contributed by atoms with van der Waals surface area (Å²) < 4.78 is 141. The SMILES string of the molecule is C=CCOCCOCCOCCOCCOCCOCCOCCOCCOCCOCCOCCOCCOCCC(=O)Oc1c(F)c(F)c(F)c(F)c1F. The quantitative estimate of drug-likeness (QED) is 0.0181. The normalized spacial score (nSPS) is 11.4. The third-order valence-corrected chi connectivity index (χ3v) is 6.54. The topological polar surface area (TPSA) is 146 Å². The van der Waals surface area contributed by atoms with Crippen molar-refractivity contribution >= 4 is 5.97 Å². The molecule has 0 radical (unpaired) electrons. The number of rotatable bonds is 42.